The van der Waals surface area contributed by atoms with Gasteiger partial charge >= 0.3 is 0 Å². The molecule has 0 fully saturated rings. The highest BCUT2D eigenvalue weighted by Crippen LogP contribution is 2.07. The van der Waals surface area contributed by atoms with Crippen LogP contribution >= 0.6 is 11.8 Å². The number of aromatic nitrogens is 2. The van der Waals surface area contributed by atoms with Crippen LogP contribution in [-0.4, -0.2) is 34.8 Å². The number of thioether (sulfide) groups is 1. The van der Waals surface area contributed by atoms with Crippen LogP contribution in [0.5, 0.6) is 0 Å². The molecule has 1 heterocycles. The third kappa shape index (κ3) is 6.06. The van der Waals surface area contributed by atoms with Gasteiger partial charge in [-0.25, -0.2) is 0 Å². The minimum absolute atomic E-state index is 0.528. The standard InChI is InChI=1S/C11H16N6S/c1-2-14-11(17-9-12)16-5-6-18-8-10-7-13-3-4-15-10/h3-4,7H,2,5-6,8H2,1H3,(H2,14,16,17). The number of rotatable bonds is 6. The molecular formula is C11H16N6S. The molecule has 96 valence electrons. The summed E-state index contributed by atoms with van der Waals surface area (Å²) in [7, 11) is 0. The van der Waals surface area contributed by atoms with Crippen molar-refractivity contribution in [3.8, 4) is 6.19 Å². The van der Waals surface area contributed by atoms with Crippen molar-refractivity contribution in [3.63, 3.8) is 0 Å². The van der Waals surface area contributed by atoms with Crippen LogP contribution in [0, 0.1) is 11.5 Å². The van der Waals surface area contributed by atoms with Crippen molar-refractivity contribution < 1.29 is 0 Å². The van der Waals surface area contributed by atoms with E-state index in [1.54, 1.807) is 30.4 Å². The highest BCUT2D eigenvalue weighted by molar-refractivity contribution is 7.98. The quantitative estimate of drug-likeness (QED) is 0.259. The van der Waals surface area contributed by atoms with Crippen LogP contribution in [0.15, 0.2) is 23.6 Å². The predicted molar refractivity (Wildman–Crippen MR) is 72.9 cm³/mol. The molecule has 1 rings (SSSR count). The van der Waals surface area contributed by atoms with Gasteiger partial charge in [-0.2, -0.15) is 17.0 Å². The highest BCUT2D eigenvalue weighted by Gasteiger charge is 1.96. The maximum Gasteiger partial charge on any atom is 0.204 e. The van der Waals surface area contributed by atoms with E-state index in [-0.39, 0.29) is 0 Å². The van der Waals surface area contributed by atoms with Crippen molar-refractivity contribution in [3.05, 3.63) is 24.3 Å². The van der Waals surface area contributed by atoms with Crippen LogP contribution < -0.4 is 10.6 Å². The second-order valence-electron chi connectivity index (χ2n) is 3.25. The van der Waals surface area contributed by atoms with Gasteiger partial charge in [-0.15, -0.1) is 0 Å². The van der Waals surface area contributed by atoms with Crippen molar-refractivity contribution in [1.29, 1.82) is 5.26 Å². The minimum atomic E-state index is 0.528. The molecule has 0 spiro atoms. The first-order valence-electron chi connectivity index (χ1n) is 5.63. The van der Waals surface area contributed by atoms with E-state index in [2.05, 4.69) is 25.6 Å². The third-order valence-electron chi connectivity index (χ3n) is 1.89. The number of nitrogens with zero attached hydrogens (tertiary/aromatic N) is 4. The molecule has 0 atom stereocenters. The molecule has 0 saturated carbocycles. The fourth-order valence-electron chi connectivity index (χ4n) is 1.16. The van der Waals surface area contributed by atoms with Gasteiger partial charge in [0.05, 0.1) is 12.2 Å². The second-order valence-corrected chi connectivity index (χ2v) is 4.35. The Morgan fingerprint density at radius 1 is 1.56 bits per heavy atom. The Balaban J connectivity index is 2.21. The Hall–Kier alpha value is -1.81. The summed E-state index contributed by atoms with van der Waals surface area (Å²) in [5, 5.41) is 14.0. The van der Waals surface area contributed by atoms with Crippen LogP contribution in [-0.2, 0) is 5.75 Å². The molecule has 2 N–H and O–H groups in total. The fourth-order valence-corrected chi connectivity index (χ4v) is 1.89. The molecule has 6 nitrogen and oxygen atoms in total. The van der Waals surface area contributed by atoms with Gasteiger partial charge in [0.15, 0.2) is 6.19 Å². The second kappa shape index (κ2) is 9.24. The summed E-state index contributed by atoms with van der Waals surface area (Å²) < 4.78 is 0. The minimum Gasteiger partial charge on any atom is -0.356 e. The summed E-state index contributed by atoms with van der Waals surface area (Å²) in [5.41, 5.74) is 0.966. The van der Waals surface area contributed by atoms with Gasteiger partial charge in [0.25, 0.3) is 0 Å². The lowest BCUT2D eigenvalue weighted by Gasteiger charge is -2.04. The smallest absolute Gasteiger partial charge is 0.204 e. The molecule has 7 heteroatoms. The van der Waals surface area contributed by atoms with E-state index < -0.39 is 0 Å². The van der Waals surface area contributed by atoms with E-state index in [1.165, 1.54) is 0 Å². The molecule has 1 aromatic heterocycles. The van der Waals surface area contributed by atoms with Gasteiger partial charge in [-0.1, -0.05) is 0 Å². The van der Waals surface area contributed by atoms with Crippen LogP contribution in [0.1, 0.15) is 12.6 Å². The summed E-state index contributed by atoms with van der Waals surface area (Å²) in [6.07, 6.45) is 6.96. The maximum absolute atomic E-state index is 8.51. The Kier molecular flexibility index (Phi) is 7.32. The third-order valence-corrected chi connectivity index (χ3v) is 2.86. The van der Waals surface area contributed by atoms with E-state index in [9.17, 15) is 0 Å². The first-order chi connectivity index (χ1) is 8.86. The number of aliphatic imine (C=N–C) groups is 1. The van der Waals surface area contributed by atoms with E-state index >= 15 is 0 Å². The van der Waals surface area contributed by atoms with Gasteiger partial charge < -0.3 is 5.32 Å². The van der Waals surface area contributed by atoms with E-state index in [1.807, 2.05) is 13.1 Å². The zero-order chi connectivity index (χ0) is 13.1. The van der Waals surface area contributed by atoms with E-state index in [0.717, 1.165) is 23.7 Å². The molecule has 1 aromatic rings. The summed E-state index contributed by atoms with van der Waals surface area (Å²) in [4.78, 5) is 12.4. The molecule has 0 unspecified atom stereocenters. The van der Waals surface area contributed by atoms with Crippen LogP contribution in [0.25, 0.3) is 0 Å². The van der Waals surface area contributed by atoms with Crippen molar-refractivity contribution in [2.75, 3.05) is 18.8 Å². The van der Waals surface area contributed by atoms with Crippen LogP contribution in [0.3, 0.4) is 0 Å². The predicted octanol–water partition coefficient (Wildman–Crippen LogP) is 0.746. The molecule has 0 amide bonds. The van der Waals surface area contributed by atoms with Gasteiger partial charge in [0, 0.05) is 36.6 Å². The molecule has 0 aliphatic rings. The average Bonchev–Trinajstić information content (AvgIpc) is 2.40. The van der Waals surface area contributed by atoms with Gasteiger partial charge in [0.1, 0.15) is 0 Å². The highest BCUT2D eigenvalue weighted by atomic mass is 32.2. The molecule has 18 heavy (non-hydrogen) atoms. The average molecular weight is 264 g/mol. The SMILES string of the molecule is CCN/C(=N/CCSCc1cnccn1)NC#N. The van der Waals surface area contributed by atoms with Crippen molar-refractivity contribution >= 4 is 17.7 Å². The lowest BCUT2D eigenvalue weighted by Crippen LogP contribution is -2.34. The van der Waals surface area contributed by atoms with Gasteiger partial charge in [0.2, 0.25) is 5.96 Å². The number of nitriles is 1. The van der Waals surface area contributed by atoms with Crippen molar-refractivity contribution in [1.82, 2.24) is 20.6 Å². The first-order valence-corrected chi connectivity index (χ1v) is 6.78. The molecule has 0 aliphatic heterocycles. The van der Waals surface area contributed by atoms with Gasteiger partial charge in [-0.05, 0) is 6.92 Å². The Labute approximate surface area is 111 Å². The molecule has 0 radical (unpaired) electrons. The van der Waals surface area contributed by atoms with Crippen LogP contribution in [0.4, 0.5) is 0 Å². The lowest BCUT2D eigenvalue weighted by molar-refractivity contribution is 0.910. The van der Waals surface area contributed by atoms with Gasteiger partial charge in [-0.3, -0.25) is 20.3 Å². The first kappa shape index (κ1) is 14.3. The van der Waals surface area contributed by atoms with Crippen LogP contribution in [0.2, 0.25) is 0 Å². The van der Waals surface area contributed by atoms with E-state index in [4.69, 9.17) is 5.26 Å². The Morgan fingerprint density at radius 3 is 3.11 bits per heavy atom. The molecule has 0 bridgehead atoms. The number of hydrogen-bond acceptors (Lipinski definition) is 5. The van der Waals surface area contributed by atoms with Crippen molar-refractivity contribution in [2.45, 2.75) is 12.7 Å². The number of guanidine groups is 1. The zero-order valence-corrected chi connectivity index (χ0v) is 11.1. The summed E-state index contributed by atoms with van der Waals surface area (Å²) in [6, 6.07) is 0. The van der Waals surface area contributed by atoms with Crippen molar-refractivity contribution in [2.24, 2.45) is 4.99 Å². The number of hydrogen-bond donors (Lipinski definition) is 2. The summed E-state index contributed by atoms with van der Waals surface area (Å²) in [5.74, 6) is 2.23. The van der Waals surface area contributed by atoms with E-state index in [0.29, 0.717) is 12.5 Å². The Morgan fingerprint density at radius 2 is 2.44 bits per heavy atom. The summed E-state index contributed by atoms with van der Waals surface area (Å²) in [6.45, 7) is 3.35. The lowest BCUT2D eigenvalue weighted by atomic mass is 10.5. The zero-order valence-electron chi connectivity index (χ0n) is 10.3. The summed E-state index contributed by atoms with van der Waals surface area (Å²) >= 11 is 1.74. The normalized spacial score (nSPS) is 10.8. The monoisotopic (exact) mass is 264 g/mol. The largest absolute Gasteiger partial charge is 0.356 e. The molecule has 0 aromatic carbocycles. The maximum atomic E-state index is 8.51. The fraction of sp³-hybridized carbons (Fsp3) is 0.455. The Bertz CT molecular complexity index is 400. The molecule has 0 aliphatic carbocycles. The molecule has 0 saturated heterocycles. The topological polar surface area (TPSA) is 86.0 Å². The molecular weight excluding hydrogens is 248 g/mol. The number of nitrogens with one attached hydrogen (secondary N) is 2.